The van der Waals surface area contributed by atoms with E-state index in [0.29, 0.717) is 0 Å². The Balaban J connectivity index is 1.45. The van der Waals surface area contributed by atoms with E-state index in [-0.39, 0.29) is 5.41 Å². The van der Waals surface area contributed by atoms with E-state index in [1.165, 1.54) is 122 Å². The van der Waals surface area contributed by atoms with Crippen molar-refractivity contribution in [2.45, 2.75) is 136 Å². The van der Waals surface area contributed by atoms with Crippen molar-refractivity contribution in [3.05, 3.63) is 0 Å². The van der Waals surface area contributed by atoms with Gasteiger partial charge >= 0.3 is 0 Å². The number of hydrogen-bond donors (Lipinski definition) is 0. The molecule has 3 saturated carbocycles. The van der Waals surface area contributed by atoms with E-state index in [0.717, 1.165) is 29.6 Å². The highest BCUT2D eigenvalue weighted by Gasteiger charge is 2.48. The first kappa shape index (κ1) is 23.2. The minimum atomic E-state index is 0.0571. The Hall–Kier alpha value is -0.510. The maximum absolute atomic E-state index is 10.2. The Morgan fingerprint density at radius 2 is 1.38 bits per heavy atom. The van der Waals surface area contributed by atoms with Crippen molar-refractivity contribution < 1.29 is 0 Å². The van der Waals surface area contributed by atoms with Gasteiger partial charge in [0.15, 0.2) is 0 Å². The third kappa shape index (κ3) is 6.24. The van der Waals surface area contributed by atoms with E-state index in [1.807, 2.05) is 0 Å². The summed E-state index contributed by atoms with van der Waals surface area (Å²) in [7, 11) is 0. The fourth-order valence-corrected chi connectivity index (χ4v) is 7.43. The Morgan fingerprint density at radius 1 is 0.724 bits per heavy atom. The van der Waals surface area contributed by atoms with Gasteiger partial charge in [0.05, 0.1) is 11.5 Å². The second kappa shape index (κ2) is 11.8. The molecule has 166 valence electrons. The zero-order chi connectivity index (χ0) is 20.5. The van der Waals surface area contributed by atoms with Gasteiger partial charge < -0.3 is 0 Å². The predicted molar refractivity (Wildman–Crippen MR) is 125 cm³/mol. The first-order valence-corrected chi connectivity index (χ1v) is 13.6. The summed E-state index contributed by atoms with van der Waals surface area (Å²) in [6, 6.07) is 2.91. The molecular weight excluding hydrogens is 350 g/mol. The summed E-state index contributed by atoms with van der Waals surface area (Å²) >= 11 is 0. The summed E-state index contributed by atoms with van der Waals surface area (Å²) in [4.78, 5) is 0. The lowest BCUT2D eigenvalue weighted by Gasteiger charge is -2.50. The summed E-state index contributed by atoms with van der Waals surface area (Å²) in [6.45, 7) is 4.62. The molecule has 0 aromatic heterocycles. The van der Waals surface area contributed by atoms with Gasteiger partial charge in [0.1, 0.15) is 0 Å². The van der Waals surface area contributed by atoms with Crippen LogP contribution in [0.4, 0.5) is 0 Å². The number of fused-ring (bicyclic) bond motifs is 1. The molecule has 3 fully saturated rings. The summed E-state index contributed by atoms with van der Waals surface area (Å²) in [6.07, 6.45) is 26.6. The van der Waals surface area contributed by atoms with Crippen LogP contribution in [0.5, 0.6) is 0 Å². The number of nitrogens with zero attached hydrogens (tertiary/aromatic N) is 1. The highest BCUT2D eigenvalue weighted by molar-refractivity contribution is 5.09. The molecule has 0 spiro atoms. The summed E-state index contributed by atoms with van der Waals surface area (Å²) in [5.74, 6) is 4.53. The first-order chi connectivity index (χ1) is 14.2. The number of rotatable bonds is 10. The van der Waals surface area contributed by atoms with E-state index < -0.39 is 0 Å². The van der Waals surface area contributed by atoms with Gasteiger partial charge in [-0.15, -0.1) is 0 Å². The Bertz CT molecular complexity index is 497. The molecule has 4 atom stereocenters. The van der Waals surface area contributed by atoms with Crippen molar-refractivity contribution in [2.24, 2.45) is 35.0 Å². The molecule has 0 aliphatic heterocycles. The van der Waals surface area contributed by atoms with E-state index in [4.69, 9.17) is 0 Å². The van der Waals surface area contributed by atoms with Crippen LogP contribution in [0.15, 0.2) is 0 Å². The van der Waals surface area contributed by atoms with Gasteiger partial charge in [-0.25, -0.2) is 0 Å². The Kier molecular flexibility index (Phi) is 9.40. The van der Waals surface area contributed by atoms with Crippen LogP contribution < -0.4 is 0 Å². The number of hydrogen-bond acceptors (Lipinski definition) is 1. The third-order valence-corrected chi connectivity index (χ3v) is 9.37. The summed E-state index contributed by atoms with van der Waals surface area (Å²) in [5.41, 5.74) is 0.0571. The van der Waals surface area contributed by atoms with Gasteiger partial charge in [-0.05, 0) is 74.5 Å². The van der Waals surface area contributed by atoms with Crippen LogP contribution in [0, 0.1) is 46.3 Å². The molecule has 3 aliphatic carbocycles. The average molecular weight is 400 g/mol. The molecule has 0 aromatic carbocycles. The quantitative estimate of drug-likeness (QED) is 0.336. The van der Waals surface area contributed by atoms with E-state index in [2.05, 4.69) is 19.9 Å². The summed E-state index contributed by atoms with van der Waals surface area (Å²) < 4.78 is 0. The Labute approximate surface area is 182 Å². The second-order valence-electron chi connectivity index (χ2n) is 11.3. The fraction of sp³-hybridized carbons (Fsp3) is 0.964. The normalized spacial score (nSPS) is 37.6. The van der Waals surface area contributed by atoms with Gasteiger partial charge in [0.2, 0.25) is 0 Å². The lowest BCUT2D eigenvalue weighted by molar-refractivity contribution is 0.0146. The molecule has 0 amide bonds. The van der Waals surface area contributed by atoms with Gasteiger partial charge in [0.25, 0.3) is 0 Å². The molecule has 3 rings (SSSR count). The minimum Gasteiger partial charge on any atom is -0.198 e. The minimum absolute atomic E-state index is 0.0571. The second-order valence-corrected chi connectivity index (χ2v) is 11.3. The van der Waals surface area contributed by atoms with Crippen LogP contribution in [-0.2, 0) is 0 Å². The fourth-order valence-electron chi connectivity index (χ4n) is 7.43. The van der Waals surface area contributed by atoms with Crippen molar-refractivity contribution in [3.8, 4) is 6.07 Å². The van der Waals surface area contributed by atoms with Crippen LogP contribution in [0.25, 0.3) is 0 Å². The van der Waals surface area contributed by atoms with Gasteiger partial charge in [-0.1, -0.05) is 90.9 Å². The lowest BCUT2D eigenvalue weighted by Crippen LogP contribution is -2.42. The van der Waals surface area contributed by atoms with E-state index >= 15 is 0 Å². The van der Waals surface area contributed by atoms with Crippen molar-refractivity contribution in [1.29, 1.82) is 5.26 Å². The molecule has 0 N–H and O–H groups in total. The molecule has 0 aromatic rings. The molecule has 1 unspecified atom stereocenters. The molecule has 0 heterocycles. The zero-order valence-corrected chi connectivity index (χ0v) is 19.8. The monoisotopic (exact) mass is 399 g/mol. The zero-order valence-electron chi connectivity index (χ0n) is 19.8. The summed E-state index contributed by atoms with van der Waals surface area (Å²) in [5, 5.41) is 10.2. The van der Waals surface area contributed by atoms with Crippen LogP contribution in [0.3, 0.4) is 0 Å². The van der Waals surface area contributed by atoms with Crippen LogP contribution in [0.1, 0.15) is 136 Å². The third-order valence-electron chi connectivity index (χ3n) is 9.37. The van der Waals surface area contributed by atoms with Crippen LogP contribution >= 0.6 is 0 Å². The molecular formula is C28H49N. The average Bonchev–Trinajstić information content (AvgIpc) is 2.77. The SMILES string of the molecule is CCCCCC[C@@H]1CC[C@@H]2CC(C3CCC(CCCCC)CC3)CC[C@]2(C#N)C1. The van der Waals surface area contributed by atoms with Gasteiger partial charge in [0, 0.05) is 0 Å². The van der Waals surface area contributed by atoms with Crippen molar-refractivity contribution in [2.75, 3.05) is 0 Å². The maximum Gasteiger partial charge on any atom is 0.0692 e. The highest BCUT2D eigenvalue weighted by atomic mass is 14.5. The van der Waals surface area contributed by atoms with Gasteiger partial charge in [-0.3, -0.25) is 0 Å². The first-order valence-electron chi connectivity index (χ1n) is 13.6. The van der Waals surface area contributed by atoms with E-state index in [9.17, 15) is 5.26 Å². The van der Waals surface area contributed by atoms with Crippen LogP contribution in [-0.4, -0.2) is 0 Å². The van der Waals surface area contributed by atoms with Crippen LogP contribution in [0.2, 0.25) is 0 Å². The Morgan fingerprint density at radius 3 is 2.10 bits per heavy atom. The molecule has 3 aliphatic rings. The number of nitriles is 1. The maximum atomic E-state index is 10.2. The van der Waals surface area contributed by atoms with E-state index in [1.54, 1.807) is 0 Å². The molecule has 1 heteroatoms. The number of unbranched alkanes of at least 4 members (excludes halogenated alkanes) is 5. The topological polar surface area (TPSA) is 23.8 Å². The standard InChI is InChI=1S/C28H49N/c1-3-5-7-9-11-24-14-17-27-20-26(18-19-28(27,21-24)22-29)25-15-12-23(13-16-25)10-8-6-4-2/h23-27H,3-21H2,1-2H3/t23?,24-,25?,26?,27-,28-/m1/s1. The highest BCUT2D eigenvalue weighted by Crippen LogP contribution is 2.56. The van der Waals surface area contributed by atoms with Gasteiger partial charge in [-0.2, -0.15) is 5.26 Å². The van der Waals surface area contributed by atoms with Crippen molar-refractivity contribution in [3.63, 3.8) is 0 Å². The molecule has 0 radical (unpaired) electrons. The smallest absolute Gasteiger partial charge is 0.0692 e. The van der Waals surface area contributed by atoms with Crippen molar-refractivity contribution in [1.82, 2.24) is 0 Å². The molecule has 0 bridgehead atoms. The predicted octanol–water partition coefficient (Wildman–Crippen LogP) is 9.07. The molecule has 1 nitrogen and oxygen atoms in total. The molecule has 0 saturated heterocycles. The largest absolute Gasteiger partial charge is 0.198 e. The molecule has 29 heavy (non-hydrogen) atoms. The lowest BCUT2D eigenvalue weighted by atomic mass is 9.53. The van der Waals surface area contributed by atoms with Crippen molar-refractivity contribution >= 4 is 0 Å².